The van der Waals surface area contributed by atoms with Crippen molar-refractivity contribution in [1.82, 2.24) is 10.2 Å². The maximum absolute atomic E-state index is 5.21. The summed E-state index contributed by atoms with van der Waals surface area (Å²) in [7, 11) is 2.28. The van der Waals surface area contributed by atoms with E-state index in [1.165, 1.54) is 43.5 Å². The first kappa shape index (κ1) is 11.5. The highest BCUT2D eigenvalue weighted by Crippen LogP contribution is 2.22. The highest BCUT2D eigenvalue weighted by molar-refractivity contribution is 7.80. The minimum atomic E-state index is 0.654. The van der Waals surface area contributed by atoms with Gasteiger partial charge < -0.3 is 10.2 Å². The Kier molecular flexibility index (Phi) is 4.12. The van der Waals surface area contributed by atoms with E-state index in [0.717, 1.165) is 19.0 Å². The molecule has 1 aliphatic carbocycles. The summed E-state index contributed by atoms with van der Waals surface area (Å²) in [6.07, 6.45) is 8.06. The van der Waals surface area contributed by atoms with E-state index in [1.807, 2.05) is 0 Å². The molecule has 0 amide bonds. The first-order valence-electron chi connectivity index (χ1n) is 6.21. The monoisotopic (exact) mass is 226 g/mol. The Balaban J connectivity index is 1.66. The Morgan fingerprint density at radius 3 is 2.73 bits per heavy atom. The van der Waals surface area contributed by atoms with Crippen molar-refractivity contribution in [2.75, 3.05) is 20.1 Å². The highest BCUT2D eigenvalue weighted by atomic mass is 32.1. The topological polar surface area (TPSA) is 15.3 Å². The largest absolute Gasteiger partial charge is 0.309 e. The molecule has 1 heterocycles. The second-order valence-corrected chi connectivity index (χ2v) is 5.61. The maximum Gasteiger partial charge on any atom is 0.0272 e. The van der Waals surface area contributed by atoms with E-state index in [1.54, 1.807) is 0 Å². The molecule has 0 spiro atoms. The van der Waals surface area contributed by atoms with E-state index in [2.05, 4.69) is 17.3 Å². The van der Waals surface area contributed by atoms with Crippen molar-refractivity contribution >= 4 is 17.1 Å². The summed E-state index contributed by atoms with van der Waals surface area (Å²) in [5.41, 5.74) is 0. The summed E-state index contributed by atoms with van der Waals surface area (Å²) in [6.45, 7) is 2.19. The summed E-state index contributed by atoms with van der Waals surface area (Å²) in [5, 5.41) is 3.48. The lowest BCUT2D eigenvalue weighted by Crippen LogP contribution is -2.33. The van der Waals surface area contributed by atoms with Gasteiger partial charge in [-0.15, -0.1) is 0 Å². The molecule has 0 aromatic carbocycles. The van der Waals surface area contributed by atoms with Crippen LogP contribution in [0, 0.1) is 0 Å². The molecule has 0 aromatic rings. The van der Waals surface area contributed by atoms with E-state index in [9.17, 15) is 0 Å². The van der Waals surface area contributed by atoms with Crippen LogP contribution in [-0.2, 0) is 0 Å². The summed E-state index contributed by atoms with van der Waals surface area (Å²) >= 11 is 5.21. The average Bonchev–Trinajstić information content (AvgIpc) is 2.84. The second kappa shape index (κ2) is 5.37. The van der Waals surface area contributed by atoms with Gasteiger partial charge in [-0.2, -0.15) is 0 Å². The summed E-state index contributed by atoms with van der Waals surface area (Å²) in [4.78, 5) is 3.76. The molecule has 1 unspecified atom stereocenters. The Morgan fingerprint density at radius 1 is 1.40 bits per heavy atom. The minimum Gasteiger partial charge on any atom is -0.309 e. The molecule has 0 radical (unpaired) electrons. The van der Waals surface area contributed by atoms with Gasteiger partial charge in [0.05, 0.1) is 0 Å². The third-order valence-electron chi connectivity index (χ3n) is 3.84. The number of rotatable bonds is 4. The molecule has 2 fully saturated rings. The fourth-order valence-electron chi connectivity index (χ4n) is 2.77. The van der Waals surface area contributed by atoms with Gasteiger partial charge in [0.2, 0.25) is 0 Å². The SMILES string of the molecule is CN(CCC1CC(=S)CN1)C1CCCC1. The van der Waals surface area contributed by atoms with Crippen molar-refractivity contribution in [3.63, 3.8) is 0 Å². The average molecular weight is 226 g/mol. The minimum absolute atomic E-state index is 0.654. The van der Waals surface area contributed by atoms with Gasteiger partial charge in [0.25, 0.3) is 0 Å². The lowest BCUT2D eigenvalue weighted by molar-refractivity contribution is 0.234. The summed E-state index contributed by atoms with van der Waals surface area (Å²) < 4.78 is 0. The smallest absolute Gasteiger partial charge is 0.0272 e. The van der Waals surface area contributed by atoms with Gasteiger partial charge in [0.1, 0.15) is 0 Å². The Morgan fingerprint density at radius 2 is 2.13 bits per heavy atom. The predicted molar refractivity (Wildman–Crippen MR) is 68.5 cm³/mol. The lowest BCUT2D eigenvalue weighted by atomic mass is 10.1. The van der Waals surface area contributed by atoms with E-state index in [0.29, 0.717) is 6.04 Å². The molecular formula is C12H22N2S. The Bertz CT molecular complexity index is 224. The Labute approximate surface area is 98.4 Å². The number of thiocarbonyl (C=S) groups is 1. The molecule has 1 atom stereocenters. The summed E-state index contributed by atoms with van der Waals surface area (Å²) in [6, 6.07) is 1.51. The number of hydrogen-bond acceptors (Lipinski definition) is 3. The first-order chi connectivity index (χ1) is 7.25. The third-order valence-corrected chi connectivity index (χ3v) is 4.15. The van der Waals surface area contributed by atoms with Crippen LogP contribution in [0.5, 0.6) is 0 Å². The van der Waals surface area contributed by atoms with E-state index < -0.39 is 0 Å². The third kappa shape index (κ3) is 3.23. The van der Waals surface area contributed by atoms with Crippen LogP contribution >= 0.6 is 12.2 Å². The molecule has 2 nitrogen and oxygen atoms in total. The van der Waals surface area contributed by atoms with Crippen LogP contribution in [0.1, 0.15) is 38.5 Å². The first-order valence-corrected chi connectivity index (χ1v) is 6.62. The maximum atomic E-state index is 5.21. The molecule has 2 rings (SSSR count). The standard InChI is InChI=1S/C12H22N2S/c1-14(11-4-2-3-5-11)7-6-10-8-12(15)9-13-10/h10-11,13H,2-9H2,1H3. The van der Waals surface area contributed by atoms with Crippen molar-refractivity contribution in [3.05, 3.63) is 0 Å². The van der Waals surface area contributed by atoms with E-state index in [4.69, 9.17) is 12.2 Å². The Hall–Kier alpha value is 0.01000. The fraction of sp³-hybridized carbons (Fsp3) is 0.917. The molecule has 86 valence electrons. The van der Waals surface area contributed by atoms with Crippen molar-refractivity contribution in [2.45, 2.75) is 50.6 Å². The van der Waals surface area contributed by atoms with Gasteiger partial charge in [-0.3, -0.25) is 0 Å². The van der Waals surface area contributed by atoms with Gasteiger partial charge in [0, 0.05) is 23.5 Å². The van der Waals surface area contributed by atoms with Crippen LogP contribution < -0.4 is 5.32 Å². The van der Waals surface area contributed by atoms with E-state index >= 15 is 0 Å². The van der Waals surface area contributed by atoms with Crippen LogP contribution in [0.2, 0.25) is 0 Å². The summed E-state index contributed by atoms with van der Waals surface area (Å²) in [5.74, 6) is 0. The lowest BCUT2D eigenvalue weighted by Gasteiger charge is -2.25. The normalized spacial score (nSPS) is 28.1. The van der Waals surface area contributed by atoms with Crippen molar-refractivity contribution in [1.29, 1.82) is 0 Å². The van der Waals surface area contributed by atoms with Gasteiger partial charge in [-0.25, -0.2) is 0 Å². The van der Waals surface area contributed by atoms with Crippen LogP contribution in [0.25, 0.3) is 0 Å². The quantitative estimate of drug-likeness (QED) is 0.738. The second-order valence-electron chi connectivity index (χ2n) is 5.03. The number of nitrogens with one attached hydrogen (secondary N) is 1. The van der Waals surface area contributed by atoms with Crippen LogP contribution in [0.15, 0.2) is 0 Å². The van der Waals surface area contributed by atoms with Gasteiger partial charge in [-0.05, 0) is 39.3 Å². The molecule has 3 heteroatoms. The molecule has 1 N–H and O–H groups in total. The fourth-order valence-corrected chi connectivity index (χ4v) is 3.05. The highest BCUT2D eigenvalue weighted by Gasteiger charge is 2.22. The zero-order valence-corrected chi connectivity index (χ0v) is 10.5. The molecule has 15 heavy (non-hydrogen) atoms. The van der Waals surface area contributed by atoms with Crippen molar-refractivity contribution < 1.29 is 0 Å². The van der Waals surface area contributed by atoms with Crippen molar-refractivity contribution in [3.8, 4) is 0 Å². The molecule has 0 aromatic heterocycles. The predicted octanol–water partition coefficient (Wildman–Crippen LogP) is 1.98. The number of hydrogen-bond donors (Lipinski definition) is 1. The molecule has 1 saturated carbocycles. The molecule has 0 bridgehead atoms. The molecular weight excluding hydrogens is 204 g/mol. The zero-order chi connectivity index (χ0) is 10.7. The van der Waals surface area contributed by atoms with Gasteiger partial charge >= 0.3 is 0 Å². The number of nitrogens with zero attached hydrogens (tertiary/aromatic N) is 1. The van der Waals surface area contributed by atoms with Crippen LogP contribution in [-0.4, -0.2) is 42.0 Å². The van der Waals surface area contributed by atoms with Crippen molar-refractivity contribution in [2.24, 2.45) is 0 Å². The van der Waals surface area contributed by atoms with Gasteiger partial charge in [-0.1, -0.05) is 25.1 Å². The molecule has 1 saturated heterocycles. The van der Waals surface area contributed by atoms with Gasteiger partial charge in [0.15, 0.2) is 0 Å². The van der Waals surface area contributed by atoms with Crippen LogP contribution in [0.4, 0.5) is 0 Å². The zero-order valence-electron chi connectivity index (χ0n) is 9.67. The van der Waals surface area contributed by atoms with E-state index in [-0.39, 0.29) is 0 Å². The van der Waals surface area contributed by atoms with Crippen LogP contribution in [0.3, 0.4) is 0 Å². The molecule has 2 aliphatic rings. The molecule has 1 aliphatic heterocycles.